The molecule has 0 unspecified atom stereocenters. The van der Waals surface area contributed by atoms with Crippen molar-refractivity contribution < 1.29 is 13.9 Å². The molecule has 0 bridgehead atoms. The fourth-order valence-electron chi connectivity index (χ4n) is 1.72. The van der Waals surface area contributed by atoms with Crippen LogP contribution >= 0.6 is 0 Å². The van der Waals surface area contributed by atoms with E-state index in [1.807, 2.05) is 0 Å². The van der Waals surface area contributed by atoms with Crippen LogP contribution in [0.25, 0.3) is 0 Å². The van der Waals surface area contributed by atoms with E-state index in [0.717, 1.165) is 0 Å². The van der Waals surface area contributed by atoms with Crippen LogP contribution in [0.15, 0.2) is 30.6 Å². The van der Waals surface area contributed by atoms with Gasteiger partial charge in [0.05, 0.1) is 24.9 Å². The van der Waals surface area contributed by atoms with Crippen molar-refractivity contribution in [3.8, 4) is 0 Å². The predicted octanol–water partition coefficient (Wildman–Crippen LogP) is 1.83. The van der Waals surface area contributed by atoms with Gasteiger partial charge in [0.2, 0.25) is 0 Å². The number of hydrogen-bond donors (Lipinski definition) is 1. The molecule has 1 heterocycles. The molecular weight excluding hydrogens is 249 g/mol. The van der Waals surface area contributed by atoms with E-state index in [1.54, 1.807) is 19.2 Å². The SMILES string of the molecule is CCOC(=O)c1cnn(Cc2cc(N)cc(F)c2)c1. The fourth-order valence-corrected chi connectivity index (χ4v) is 1.72. The molecule has 5 nitrogen and oxygen atoms in total. The van der Waals surface area contributed by atoms with Crippen LogP contribution in [0.4, 0.5) is 10.1 Å². The number of hydrogen-bond acceptors (Lipinski definition) is 4. The highest BCUT2D eigenvalue weighted by Crippen LogP contribution is 2.12. The van der Waals surface area contributed by atoms with Gasteiger partial charge in [-0.25, -0.2) is 9.18 Å². The van der Waals surface area contributed by atoms with Crippen molar-refractivity contribution in [3.05, 3.63) is 47.5 Å². The second kappa shape index (κ2) is 5.51. The third-order valence-electron chi connectivity index (χ3n) is 2.47. The van der Waals surface area contributed by atoms with E-state index >= 15 is 0 Å². The maximum absolute atomic E-state index is 13.2. The minimum Gasteiger partial charge on any atom is -0.462 e. The number of esters is 1. The lowest BCUT2D eigenvalue weighted by molar-refractivity contribution is 0.0526. The first-order valence-electron chi connectivity index (χ1n) is 5.83. The molecule has 2 N–H and O–H groups in total. The van der Waals surface area contributed by atoms with Crippen LogP contribution in [-0.2, 0) is 11.3 Å². The topological polar surface area (TPSA) is 70.1 Å². The van der Waals surface area contributed by atoms with Crippen molar-refractivity contribution in [3.63, 3.8) is 0 Å². The summed E-state index contributed by atoms with van der Waals surface area (Å²) in [6, 6.07) is 4.29. The van der Waals surface area contributed by atoms with E-state index in [0.29, 0.717) is 30.0 Å². The summed E-state index contributed by atoms with van der Waals surface area (Å²) in [5.74, 6) is -0.819. The zero-order valence-electron chi connectivity index (χ0n) is 10.5. The average Bonchev–Trinajstić information content (AvgIpc) is 2.76. The van der Waals surface area contributed by atoms with Gasteiger partial charge in [0.1, 0.15) is 5.82 Å². The molecule has 0 saturated carbocycles. The molecule has 0 aliphatic rings. The van der Waals surface area contributed by atoms with E-state index in [4.69, 9.17) is 10.5 Å². The molecule has 0 aliphatic carbocycles. The fraction of sp³-hybridized carbons (Fsp3) is 0.231. The third-order valence-corrected chi connectivity index (χ3v) is 2.47. The van der Waals surface area contributed by atoms with Crippen molar-refractivity contribution >= 4 is 11.7 Å². The molecule has 19 heavy (non-hydrogen) atoms. The summed E-state index contributed by atoms with van der Waals surface area (Å²) in [6.07, 6.45) is 2.97. The normalized spacial score (nSPS) is 10.4. The van der Waals surface area contributed by atoms with Crippen LogP contribution in [0.3, 0.4) is 0 Å². The van der Waals surface area contributed by atoms with Crippen LogP contribution in [0.2, 0.25) is 0 Å². The smallest absolute Gasteiger partial charge is 0.341 e. The van der Waals surface area contributed by atoms with Gasteiger partial charge in [0, 0.05) is 11.9 Å². The van der Waals surface area contributed by atoms with E-state index in [1.165, 1.54) is 23.0 Å². The summed E-state index contributed by atoms with van der Waals surface area (Å²) in [5, 5.41) is 4.03. The number of carbonyl (C=O) groups excluding carboxylic acids is 1. The number of aromatic nitrogens is 2. The minimum absolute atomic E-state index is 0.310. The monoisotopic (exact) mass is 263 g/mol. The first-order chi connectivity index (χ1) is 9.08. The quantitative estimate of drug-likeness (QED) is 0.675. The van der Waals surface area contributed by atoms with Gasteiger partial charge < -0.3 is 10.5 Å². The zero-order valence-corrected chi connectivity index (χ0v) is 10.5. The van der Waals surface area contributed by atoms with Crippen LogP contribution in [0.5, 0.6) is 0 Å². The number of nitrogens with two attached hydrogens (primary N) is 1. The van der Waals surface area contributed by atoms with Gasteiger partial charge >= 0.3 is 5.97 Å². The number of halogens is 1. The lowest BCUT2D eigenvalue weighted by atomic mass is 10.2. The third kappa shape index (κ3) is 3.31. The average molecular weight is 263 g/mol. The number of nitrogens with zero attached hydrogens (tertiary/aromatic N) is 2. The summed E-state index contributed by atoms with van der Waals surface area (Å²) < 4.78 is 19.6. The van der Waals surface area contributed by atoms with Crippen LogP contribution in [0.1, 0.15) is 22.8 Å². The molecule has 2 rings (SSSR count). The number of nitrogen functional groups attached to an aromatic ring is 1. The molecule has 0 spiro atoms. The first-order valence-corrected chi connectivity index (χ1v) is 5.83. The summed E-state index contributed by atoms with van der Waals surface area (Å²) >= 11 is 0. The summed E-state index contributed by atoms with van der Waals surface area (Å²) in [6.45, 7) is 2.38. The zero-order chi connectivity index (χ0) is 13.8. The number of benzene rings is 1. The predicted molar refractivity (Wildman–Crippen MR) is 68.1 cm³/mol. The minimum atomic E-state index is -0.424. The number of anilines is 1. The van der Waals surface area contributed by atoms with Gasteiger partial charge in [-0.2, -0.15) is 5.10 Å². The van der Waals surface area contributed by atoms with Gasteiger partial charge in [-0.1, -0.05) is 0 Å². The molecule has 100 valence electrons. The molecule has 2 aromatic rings. The Morgan fingerprint density at radius 3 is 2.95 bits per heavy atom. The molecule has 0 amide bonds. The van der Waals surface area contributed by atoms with E-state index in [-0.39, 0.29) is 0 Å². The second-order valence-electron chi connectivity index (χ2n) is 4.04. The maximum atomic E-state index is 13.2. The standard InChI is InChI=1S/C13H14FN3O2/c1-2-19-13(18)10-6-16-17(8-10)7-9-3-11(14)5-12(15)4-9/h3-6,8H,2,7,15H2,1H3. The van der Waals surface area contributed by atoms with E-state index in [9.17, 15) is 9.18 Å². The van der Waals surface area contributed by atoms with E-state index < -0.39 is 11.8 Å². The largest absolute Gasteiger partial charge is 0.462 e. The number of ether oxygens (including phenoxy) is 1. The molecule has 0 radical (unpaired) electrons. The molecule has 0 aliphatic heterocycles. The molecule has 1 aromatic heterocycles. The Morgan fingerprint density at radius 2 is 2.26 bits per heavy atom. The van der Waals surface area contributed by atoms with E-state index in [2.05, 4.69) is 5.10 Å². The lowest BCUT2D eigenvalue weighted by Gasteiger charge is -2.03. The first kappa shape index (κ1) is 13.1. The Labute approximate surface area is 109 Å². The van der Waals surface area contributed by atoms with Gasteiger partial charge in [-0.05, 0) is 30.7 Å². The van der Waals surface area contributed by atoms with Crippen LogP contribution in [-0.4, -0.2) is 22.4 Å². The Morgan fingerprint density at radius 1 is 1.47 bits per heavy atom. The summed E-state index contributed by atoms with van der Waals surface area (Å²) in [4.78, 5) is 11.5. The molecule has 0 atom stereocenters. The molecule has 0 fully saturated rings. The maximum Gasteiger partial charge on any atom is 0.341 e. The van der Waals surface area contributed by atoms with Crippen molar-refractivity contribution in [2.75, 3.05) is 12.3 Å². The molecule has 0 saturated heterocycles. The summed E-state index contributed by atoms with van der Waals surface area (Å²) in [7, 11) is 0. The van der Waals surface area contributed by atoms with Gasteiger partial charge in [0.15, 0.2) is 0 Å². The van der Waals surface area contributed by atoms with Crippen molar-refractivity contribution in [1.82, 2.24) is 9.78 Å². The Hall–Kier alpha value is -2.37. The number of carbonyl (C=O) groups is 1. The van der Waals surface area contributed by atoms with Gasteiger partial charge in [0.25, 0.3) is 0 Å². The molecular formula is C13H14FN3O2. The molecule has 1 aromatic carbocycles. The second-order valence-corrected chi connectivity index (χ2v) is 4.04. The van der Waals surface area contributed by atoms with Crippen molar-refractivity contribution in [2.24, 2.45) is 0 Å². The van der Waals surface area contributed by atoms with Crippen molar-refractivity contribution in [1.29, 1.82) is 0 Å². The number of rotatable bonds is 4. The van der Waals surface area contributed by atoms with Gasteiger partial charge in [-0.15, -0.1) is 0 Å². The summed E-state index contributed by atoms with van der Waals surface area (Å²) in [5.41, 5.74) is 6.96. The Bertz CT molecular complexity index is 575. The highest BCUT2D eigenvalue weighted by atomic mass is 19.1. The highest BCUT2D eigenvalue weighted by Gasteiger charge is 2.09. The van der Waals surface area contributed by atoms with Crippen molar-refractivity contribution in [2.45, 2.75) is 13.5 Å². The molecule has 6 heteroatoms. The highest BCUT2D eigenvalue weighted by molar-refractivity contribution is 5.88. The Kier molecular flexibility index (Phi) is 3.79. The van der Waals surface area contributed by atoms with Crippen LogP contribution < -0.4 is 5.73 Å². The lowest BCUT2D eigenvalue weighted by Crippen LogP contribution is -2.04. The van der Waals surface area contributed by atoms with Crippen LogP contribution in [0, 0.1) is 5.82 Å². The van der Waals surface area contributed by atoms with Gasteiger partial charge in [-0.3, -0.25) is 4.68 Å². The Balaban J connectivity index is 2.13.